The van der Waals surface area contributed by atoms with Gasteiger partial charge in [-0.25, -0.2) is 0 Å². The molecule has 2 unspecified atom stereocenters. The fraction of sp³-hybridized carbons (Fsp3) is 0.875. The molecule has 0 amide bonds. The van der Waals surface area contributed by atoms with Gasteiger partial charge in [0.1, 0.15) is 6.04 Å². The molecule has 0 aromatic heterocycles. The number of rotatable bonds is 2. The molecular weight excluding hydrogens is 158 g/mol. The summed E-state index contributed by atoms with van der Waals surface area (Å²) in [6, 6.07) is -0.537. The lowest BCUT2D eigenvalue weighted by atomic mass is 10.0. The van der Waals surface area contributed by atoms with Crippen LogP contribution in [0.25, 0.3) is 0 Å². The predicted molar refractivity (Wildman–Crippen MR) is 44.1 cm³/mol. The minimum Gasteiger partial charge on any atom is -0.480 e. The van der Waals surface area contributed by atoms with Gasteiger partial charge in [0, 0.05) is 6.54 Å². The zero-order chi connectivity index (χ0) is 9.19. The van der Waals surface area contributed by atoms with Gasteiger partial charge < -0.3 is 9.84 Å². The molecule has 0 radical (unpaired) electrons. The molecular formula is C8H15NO3. The molecule has 0 aromatic carbocycles. The van der Waals surface area contributed by atoms with Crippen molar-refractivity contribution in [2.24, 2.45) is 0 Å². The lowest BCUT2D eigenvalue weighted by molar-refractivity contribution is -0.148. The second-order valence-corrected chi connectivity index (χ2v) is 3.39. The van der Waals surface area contributed by atoms with E-state index in [0.29, 0.717) is 6.54 Å². The largest absolute Gasteiger partial charge is 0.480 e. The Balaban J connectivity index is 2.44. The van der Waals surface area contributed by atoms with Gasteiger partial charge in [-0.2, -0.15) is 0 Å². The Kier molecular flexibility index (Phi) is 2.69. The molecule has 1 rings (SSSR count). The molecule has 0 bridgehead atoms. The van der Waals surface area contributed by atoms with Crippen molar-refractivity contribution in [3.05, 3.63) is 0 Å². The van der Waals surface area contributed by atoms with Crippen LogP contribution in [0.15, 0.2) is 0 Å². The summed E-state index contributed by atoms with van der Waals surface area (Å²) in [6.45, 7) is 4.89. The maximum Gasteiger partial charge on any atom is 0.323 e. The van der Waals surface area contributed by atoms with Gasteiger partial charge in [-0.3, -0.25) is 10.1 Å². The first-order valence-corrected chi connectivity index (χ1v) is 4.17. The maximum absolute atomic E-state index is 10.5. The van der Waals surface area contributed by atoms with E-state index in [1.165, 1.54) is 0 Å². The van der Waals surface area contributed by atoms with Crippen LogP contribution in [0.4, 0.5) is 0 Å². The molecule has 1 heterocycles. The number of morpholine rings is 1. The van der Waals surface area contributed by atoms with Crippen molar-refractivity contribution < 1.29 is 14.6 Å². The van der Waals surface area contributed by atoms with Gasteiger partial charge in [0.2, 0.25) is 0 Å². The van der Waals surface area contributed by atoms with Crippen molar-refractivity contribution in [1.82, 2.24) is 5.32 Å². The van der Waals surface area contributed by atoms with Crippen LogP contribution in [0.3, 0.4) is 0 Å². The van der Waals surface area contributed by atoms with Crippen LogP contribution in [0.1, 0.15) is 20.3 Å². The van der Waals surface area contributed by atoms with Crippen LogP contribution in [0.2, 0.25) is 0 Å². The highest BCUT2D eigenvalue weighted by atomic mass is 16.5. The molecule has 0 saturated carbocycles. The van der Waals surface area contributed by atoms with E-state index < -0.39 is 12.0 Å². The Hall–Kier alpha value is -0.610. The van der Waals surface area contributed by atoms with Gasteiger partial charge >= 0.3 is 5.97 Å². The fourth-order valence-electron chi connectivity index (χ4n) is 1.12. The molecule has 70 valence electrons. The van der Waals surface area contributed by atoms with Crippen LogP contribution in [0, 0.1) is 0 Å². The Morgan fingerprint density at radius 2 is 2.50 bits per heavy atom. The third-order valence-electron chi connectivity index (χ3n) is 2.37. The normalized spacial score (nSPS) is 36.3. The monoisotopic (exact) mass is 173 g/mol. The quantitative estimate of drug-likeness (QED) is 0.627. The minimum absolute atomic E-state index is 0.189. The first-order chi connectivity index (χ1) is 5.57. The SMILES string of the molecule is CCC1(C)CNC(C(=O)O)CO1. The van der Waals surface area contributed by atoms with E-state index in [9.17, 15) is 4.79 Å². The number of carbonyl (C=O) groups is 1. The summed E-state index contributed by atoms with van der Waals surface area (Å²) in [5.41, 5.74) is -0.189. The molecule has 2 atom stereocenters. The second-order valence-electron chi connectivity index (χ2n) is 3.39. The standard InChI is InChI=1S/C8H15NO3/c1-3-8(2)5-9-6(4-12-8)7(10)11/h6,9H,3-5H2,1-2H3,(H,10,11). The molecule has 1 aliphatic heterocycles. The zero-order valence-electron chi connectivity index (χ0n) is 7.46. The molecule has 12 heavy (non-hydrogen) atoms. The molecule has 0 aliphatic carbocycles. The van der Waals surface area contributed by atoms with Crippen molar-refractivity contribution in [2.75, 3.05) is 13.2 Å². The molecule has 4 heteroatoms. The smallest absolute Gasteiger partial charge is 0.323 e. The lowest BCUT2D eigenvalue weighted by Gasteiger charge is -2.36. The average Bonchev–Trinajstić information content (AvgIpc) is 2.05. The molecule has 4 nitrogen and oxygen atoms in total. The summed E-state index contributed by atoms with van der Waals surface area (Å²) in [7, 11) is 0. The summed E-state index contributed by atoms with van der Waals surface area (Å²) in [6.07, 6.45) is 0.895. The van der Waals surface area contributed by atoms with Crippen LogP contribution < -0.4 is 5.32 Å². The Morgan fingerprint density at radius 1 is 1.83 bits per heavy atom. The third-order valence-corrected chi connectivity index (χ3v) is 2.37. The highest BCUT2D eigenvalue weighted by molar-refractivity contribution is 5.73. The number of nitrogens with one attached hydrogen (secondary N) is 1. The summed E-state index contributed by atoms with van der Waals surface area (Å²) in [5.74, 6) is -0.840. The Bertz CT molecular complexity index is 173. The van der Waals surface area contributed by atoms with Crippen LogP contribution in [-0.4, -0.2) is 35.9 Å². The second kappa shape index (κ2) is 3.41. The van der Waals surface area contributed by atoms with Crippen LogP contribution in [0.5, 0.6) is 0 Å². The summed E-state index contributed by atoms with van der Waals surface area (Å²) < 4.78 is 5.45. The summed E-state index contributed by atoms with van der Waals surface area (Å²) in [5, 5.41) is 11.6. The number of carboxylic acids is 1. The van der Waals surface area contributed by atoms with Crippen LogP contribution in [-0.2, 0) is 9.53 Å². The highest BCUT2D eigenvalue weighted by Crippen LogP contribution is 2.17. The summed E-state index contributed by atoms with van der Waals surface area (Å²) in [4.78, 5) is 10.5. The number of carboxylic acid groups (broad SMARTS) is 1. The van der Waals surface area contributed by atoms with E-state index in [1.54, 1.807) is 0 Å². The van der Waals surface area contributed by atoms with Gasteiger partial charge in [0.05, 0.1) is 12.2 Å². The Labute approximate surface area is 71.9 Å². The summed E-state index contributed by atoms with van der Waals surface area (Å²) >= 11 is 0. The third kappa shape index (κ3) is 1.95. The molecule has 1 saturated heterocycles. The number of hydrogen-bond donors (Lipinski definition) is 2. The topological polar surface area (TPSA) is 58.6 Å². The lowest BCUT2D eigenvalue weighted by Crippen LogP contribution is -2.55. The maximum atomic E-state index is 10.5. The average molecular weight is 173 g/mol. The zero-order valence-corrected chi connectivity index (χ0v) is 7.46. The predicted octanol–water partition coefficient (Wildman–Crippen LogP) is 0.228. The van der Waals surface area contributed by atoms with E-state index in [2.05, 4.69) is 5.32 Å². The molecule has 1 fully saturated rings. The van der Waals surface area contributed by atoms with Gasteiger partial charge in [-0.15, -0.1) is 0 Å². The van der Waals surface area contributed by atoms with E-state index in [4.69, 9.17) is 9.84 Å². The first kappa shape index (κ1) is 9.48. The van der Waals surface area contributed by atoms with Gasteiger partial charge in [-0.1, -0.05) is 6.92 Å². The van der Waals surface area contributed by atoms with Crippen molar-refractivity contribution in [3.63, 3.8) is 0 Å². The molecule has 0 spiro atoms. The van der Waals surface area contributed by atoms with E-state index in [-0.39, 0.29) is 12.2 Å². The Morgan fingerprint density at radius 3 is 2.83 bits per heavy atom. The van der Waals surface area contributed by atoms with Crippen molar-refractivity contribution in [3.8, 4) is 0 Å². The number of hydrogen-bond acceptors (Lipinski definition) is 3. The van der Waals surface area contributed by atoms with Gasteiger partial charge in [0.15, 0.2) is 0 Å². The minimum atomic E-state index is -0.840. The van der Waals surface area contributed by atoms with Crippen molar-refractivity contribution >= 4 is 5.97 Å². The van der Waals surface area contributed by atoms with Gasteiger partial charge in [0.25, 0.3) is 0 Å². The van der Waals surface area contributed by atoms with Crippen molar-refractivity contribution in [1.29, 1.82) is 0 Å². The first-order valence-electron chi connectivity index (χ1n) is 4.17. The fourth-order valence-corrected chi connectivity index (χ4v) is 1.12. The van der Waals surface area contributed by atoms with E-state index >= 15 is 0 Å². The number of aliphatic carboxylic acids is 1. The molecule has 2 N–H and O–H groups in total. The number of ether oxygens (including phenoxy) is 1. The van der Waals surface area contributed by atoms with Crippen LogP contribution >= 0.6 is 0 Å². The van der Waals surface area contributed by atoms with Crippen molar-refractivity contribution in [2.45, 2.75) is 31.9 Å². The van der Waals surface area contributed by atoms with E-state index in [1.807, 2.05) is 13.8 Å². The van der Waals surface area contributed by atoms with Gasteiger partial charge in [-0.05, 0) is 13.3 Å². The van der Waals surface area contributed by atoms with E-state index in [0.717, 1.165) is 6.42 Å². The molecule has 0 aromatic rings. The highest BCUT2D eigenvalue weighted by Gasteiger charge is 2.32. The molecule has 1 aliphatic rings.